The minimum Gasteiger partial charge on any atom is -0.326 e. The Labute approximate surface area is 135 Å². The maximum Gasteiger partial charge on any atom is 0.264 e. The van der Waals surface area contributed by atoms with Crippen LogP contribution in [0.25, 0.3) is 0 Å². The van der Waals surface area contributed by atoms with Crippen molar-refractivity contribution in [3.8, 4) is 0 Å². The number of nitrogens with zero attached hydrogens (tertiary/aromatic N) is 1. The largest absolute Gasteiger partial charge is 0.326 e. The zero-order valence-electron chi connectivity index (χ0n) is 12.2. The molecule has 0 radical (unpaired) electrons. The van der Waals surface area contributed by atoms with Gasteiger partial charge >= 0.3 is 0 Å². The van der Waals surface area contributed by atoms with Gasteiger partial charge in [0.1, 0.15) is 0 Å². The topological polar surface area (TPSA) is 63.4 Å². The van der Waals surface area contributed by atoms with Gasteiger partial charge < -0.3 is 5.73 Å². The Hall–Kier alpha value is -1.56. The van der Waals surface area contributed by atoms with Crippen molar-refractivity contribution >= 4 is 27.3 Å². The summed E-state index contributed by atoms with van der Waals surface area (Å²) in [6, 6.07) is 12.2. The van der Waals surface area contributed by atoms with E-state index in [0.717, 1.165) is 5.56 Å². The smallest absolute Gasteiger partial charge is 0.264 e. The number of hydrogen-bond acceptors (Lipinski definition) is 3. The molecule has 2 aromatic rings. The van der Waals surface area contributed by atoms with Crippen LogP contribution in [0.2, 0.25) is 5.02 Å². The molecule has 0 fully saturated rings. The van der Waals surface area contributed by atoms with Crippen LogP contribution in [0.4, 0.5) is 5.69 Å². The molecule has 1 aliphatic rings. The van der Waals surface area contributed by atoms with E-state index in [-0.39, 0.29) is 17.5 Å². The summed E-state index contributed by atoms with van der Waals surface area (Å²) in [5.41, 5.74) is 8.25. The monoisotopic (exact) mass is 336 g/mol. The molecule has 1 aliphatic heterocycles. The van der Waals surface area contributed by atoms with E-state index in [0.29, 0.717) is 22.7 Å². The number of sulfonamides is 1. The Balaban J connectivity index is 2.16. The van der Waals surface area contributed by atoms with Gasteiger partial charge in [-0.05, 0) is 42.7 Å². The molecule has 116 valence electrons. The van der Waals surface area contributed by atoms with E-state index >= 15 is 0 Å². The first-order chi connectivity index (χ1) is 10.4. The van der Waals surface area contributed by atoms with Crippen molar-refractivity contribution in [1.82, 2.24) is 0 Å². The summed E-state index contributed by atoms with van der Waals surface area (Å²) in [5, 5.41) is 0.440. The lowest BCUT2D eigenvalue weighted by Crippen LogP contribution is -2.46. The third-order valence-corrected chi connectivity index (χ3v) is 6.26. The van der Waals surface area contributed by atoms with Crippen LogP contribution in [0.3, 0.4) is 0 Å². The molecule has 0 bridgehead atoms. The summed E-state index contributed by atoms with van der Waals surface area (Å²) in [6.07, 6.45) is 0.677. The van der Waals surface area contributed by atoms with Gasteiger partial charge in [0.2, 0.25) is 0 Å². The van der Waals surface area contributed by atoms with Gasteiger partial charge in [-0.25, -0.2) is 8.42 Å². The van der Waals surface area contributed by atoms with Crippen LogP contribution in [0.15, 0.2) is 47.4 Å². The molecule has 0 aliphatic carbocycles. The minimum atomic E-state index is -3.69. The molecule has 0 amide bonds. The number of halogens is 1. The van der Waals surface area contributed by atoms with Gasteiger partial charge in [-0.2, -0.15) is 0 Å². The number of hydrogen-bond donors (Lipinski definition) is 1. The summed E-state index contributed by atoms with van der Waals surface area (Å²) in [4.78, 5) is 0.226. The number of anilines is 1. The highest BCUT2D eigenvalue weighted by Gasteiger charge is 2.32. The molecule has 4 nitrogen and oxygen atoms in total. The average Bonchev–Trinajstić information content (AvgIpc) is 2.49. The number of fused-ring (bicyclic) bond motifs is 1. The Morgan fingerprint density at radius 3 is 2.68 bits per heavy atom. The zero-order chi connectivity index (χ0) is 15.9. The van der Waals surface area contributed by atoms with Crippen LogP contribution in [-0.2, 0) is 16.4 Å². The Morgan fingerprint density at radius 1 is 1.18 bits per heavy atom. The quantitative estimate of drug-likeness (QED) is 0.917. The lowest BCUT2D eigenvalue weighted by molar-refractivity contribution is 0.575. The van der Waals surface area contributed by atoms with Crippen molar-refractivity contribution in [1.29, 1.82) is 0 Å². The second-order valence-electron chi connectivity index (χ2n) is 5.49. The number of benzene rings is 2. The SMILES string of the molecule is Cc1c(Cl)cccc1S(=O)(=O)N1CC(N)Cc2ccccc21. The second kappa shape index (κ2) is 5.57. The predicted molar refractivity (Wildman–Crippen MR) is 88.8 cm³/mol. The summed E-state index contributed by atoms with van der Waals surface area (Å²) >= 11 is 6.08. The molecule has 6 heteroatoms. The van der Waals surface area contributed by atoms with Gasteiger partial charge in [-0.1, -0.05) is 35.9 Å². The normalized spacial score (nSPS) is 18.1. The van der Waals surface area contributed by atoms with Crippen LogP contribution in [0, 0.1) is 6.92 Å². The Morgan fingerprint density at radius 2 is 1.91 bits per heavy atom. The fourth-order valence-electron chi connectivity index (χ4n) is 2.80. The molecule has 1 atom stereocenters. The van der Waals surface area contributed by atoms with E-state index in [4.69, 9.17) is 17.3 Å². The summed E-state index contributed by atoms with van der Waals surface area (Å²) in [7, 11) is -3.69. The Kier molecular flexibility index (Phi) is 3.89. The van der Waals surface area contributed by atoms with E-state index < -0.39 is 10.0 Å². The molecule has 3 rings (SSSR count). The van der Waals surface area contributed by atoms with Crippen LogP contribution in [0.1, 0.15) is 11.1 Å². The summed E-state index contributed by atoms with van der Waals surface area (Å²) in [6.45, 7) is 1.98. The zero-order valence-corrected chi connectivity index (χ0v) is 13.7. The molecular weight excluding hydrogens is 320 g/mol. The van der Waals surface area contributed by atoms with E-state index in [1.165, 1.54) is 4.31 Å². The molecule has 2 N–H and O–H groups in total. The van der Waals surface area contributed by atoms with E-state index in [9.17, 15) is 8.42 Å². The van der Waals surface area contributed by atoms with Crippen molar-refractivity contribution in [3.05, 3.63) is 58.6 Å². The second-order valence-corrected chi connectivity index (χ2v) is 7.73. The molecule has 0 saturated heterocycles. The molecule has 0 aromatic heterocycles. The van der Waals surface area contributed by atoms with Crippen molar-refractivity contribution in [3.63, 3.8) is 0 Å². The number of nitrogens with two attached hydrogens (primary N) is 1. The number of para-hydroxylation sites is 1. The standard InChI is InChI=1S/C16H17ClN2O2S/c1-11-14(17)6-4-8-16(11)22(20,21)19-10-13(18)9-12-5-2-3-7-15(12)19/h2-8,13H,9-10,18H2,1H3. The summed E-state index contributed by atoms with van der Waals surface area (Å²) in [5.74, 6) is 0. The van der Waals surface area contributed by atoms with E-state index in [1.807, 2.05) is 24.3 Å². The first-order valence-corrected chi connectivity index (χ1v) is 8.84. The highest BCUT2D eigenvalue weighted by atomic mass is 35.5. The van der Waals surface area contributed by atoms with Gasteiger partial charge in [0.15, 0.2) is 0 Å². The van der Waals surface area contributed by atoms with Crippen molar-refractivity contribution in [2.24, 2.45) is 5.73 Å². The van der Waals surface area contributed by atoms with Gasteiger partial charge in [0.05, 0.1) is 10.6 Å². The minimum absolute atomic E-state index is 0.218. The molecular formula is C16H17ClN2O2S. The average molecular weight is 337 g/mol. The van der Waals surface area contributed by atoms with Gasteiger partial charge in [0, 0.05) is 17.6 Å². The van der Waals surface area contributed by atoms with Crippen molar-refractivity contribution in [2.75, 3.05) is 10.8 Å². The van der Waals surface area contributed by atoms with Crippen LogP contribution >= 0.6 is 11.6 Å². The Bertz CT molecular complexity index is 821. The van der Waals surface area contributed by atoms with Crippen LogP contribution in [-0.4, -0.2) is 21.0 Å². The van der Waals surface area contributed by atoms with Crippen molar-refractivity contribution in [2.45, 2.75) is 24.3 Å². The summed E-state index contributed by atoms with van der Waals surface area (Å²) < 4.78 is 27.6. The lowest BCUT2D eigenvalue weighted by Gasteiger charge is -2.34. The molecule has 22 heavy (non-hydrogen) atoms. The van der Waals surface area contributed by atoms with Gasteiger partial charge in [-0.3, -0.25) is 4.31 Å². The molecule has 1 heterocycles. The maximum atomic E-state index is 13.1. The van der Waals surface area contributed by atoms with Crippen molar-refractivity contribution < 1.29 is 8.42 Å². The van der Waals surface area contributed by atoms with Crippen LogP contribution < -0.4 is 10.0 Å². The lowest BCUT2D eigenvalue weighted by atomic mass is 10.0. The fraction of sp³-hybridized carbons (Fsp3) is 0.250. The highest BCUT2D eigenvalue weighted by Crippen LogP contribution is 2.33. The van der Waals surface area contributed by atoms with Crippen LogP contribution in [0.5, 0.6) is 0 Å². The third kappa shape index (κ3) is 2.49. The first kappa shape index (κ1) is 15.3. The number of rotatable bonds is 2. The molecule has 2 aromatic carbocycles. The van der Waals surface area contributed by atoms with E-state index in [1.54, 1.807) is 25.1 Å². The maximum absolute atomic E-state index is 13.1. The van der Waals surface area contributed by atoms with Gasteiger partial charge in [0.25, 0.3) is 10.0 Å². The third-order valence-electron chi connectivity index (χ3n) is 3.93. The highest BCUT2D eigenvalue weighted by molar-refractivity contribution is 7.92. The predicted octanol–water partition coefficient (Wildman–Crippen LogP) is 2.73. The van der Waals surface area contributed by atoms with E-state index in [2.05, 4.69) is 0 Å². The molecule has 0 saturated carbocycles. The molecule has 1 unspecified atom stereocenters. The molecule has 0 spiro atoms. The van der Waals surface area contributed by atoms with Gasteiger partial charge in [-0.15, -0.1) is 0 Å². The fourth-order valence-corrected chi connectivity index (χ4v) is 4.84. The first-order valence-electron chi connectivity index (χ1n) is 7.02.